The molecule has 108 valence electrons. The Kier molecular flexibility index (Phi) is 3.74. The summed E-state index contributed by atoms with van der Waals surface area (Å²) in [6.45, 7) is 2.46. The summed E-state index contributed by atoms with van der Waals surface area (Å²) in [5.41, 5.74) is 2.30. The molecule has 0 atom stereocenters. The van der Waals surface area contributed by atoms with Crippen LogP contribution in [0, 0.1) is 6.92 Å². The van der Waals surface area contributed by atoms with E-state index in [1.165, 1.54) is 6.07 Å². The van der Waals surface area contributed by atoms with E-state index in [0.29, 0.717) is 6.54 Å². The maximum atomic E-state index is 12.6. The van der Waals surface area contributed by atoms with Crippen molar-refractivity contribution >= 4 is 11.3 Å². The van der Waals surface area contributed by atoms with Gasteiger partial charge < -0.3 is 4.57 Å². The number of hydrogen-bond acceptors (Lipinski definition) is 4. The van der Waals surface area contributed by atoms with Crippen LogP contribution in [0.15, 0.2) is 36.1 Å². The minimum atomic E-state index is -2.44. The molecule has 0 saturated carbocycles. The normalized spacial score (nSPS) is 11.2. The van der Waals surface area contributed by atoms with Crippen molar-refractivity contribution in [3.8, 4) is 11.1 Å². The smallest absolute Gasteiger partial charge is 0.272 e. The van der Waals surface area contributed by atoms with Crippen molar-refractivity contribution in [1.29, 1.82) is 0 Å². The molecule has 0 amide bonds. The molecule has 3 aromatic rings. The van der Waals surface area contributed by atoms with Gasteiger partial charge in [0.05, 0.1) is 23.3 Å². The molecule has 0 fully saturated rings. The number of alkyl halides is 2. The molecule has 21 heavy (non-hydrogen) atoms. The Bertz CT molecular complexity index is 751. The van der Waals surface area contributed by atoms with E-state index in [9.17, 15) is 8.78 Å². The molecule has 7 heteroatoms. The molecule has 3 heterocycles. The topological polar surface area (TPSA) is 43.6 Å². The summed E-state index contributed by atoms with van der Waals surface area (Å²) in [4.78, 5) is 4.21. The van der Waals surface area contributed by atoms with E-state index >= 15 is 0 Å². The van der Waals surface area contributed by atoms with Crippen molar-refractivity contribution in [3.05, 3.63) is 52.5 Å². The lowest BCUT2D eigenvalue weighted by Crippen LogP contribution is -2.03. The summed E-state index contributed by atoms with van der Waals surface area (Å²) in [5, 5.41) is 9.75. The SMILES string of the molecule is Cc1nccn1Cc1cc(-c2csc(C(F)F)c2)cnn1. The Morgan fingerprint density at radius 3 is 2.81 bits per heavy atom. The lowest BCUT2D eigenvalue weighted by atomic mass is 10.1. The molecular weight excluding hydrogens is 294 g/mol. The minimum Gasteiger partial charge on any atom is -0.329 e. The molecule has 3 aromatic heterocycles. The Morgan fingerprint density at radius 1 is 1.29 bits per heavy atom. The van der Waals surface area contributed by atoms with Crippen LogP contribution in [-0.4, -0.2) is 19.7 Å². The van der Waals surface area contributed by atoms with Crippen LogP contribution in [-0.2, 0) is 6.54 Å². The van der Waals surface area contributed by atoms with E-state index in [-0.39, 0.29) is 4.88 Å². The standard InChI is InChI=1S/C14H12F2N4S/c1-9-17-2-3-20(9)7-12-4-10(6-18-19-12)11-5-13(14(15)16)21-8-11/h2-6,8,14H,7H2,1H3. The average Bonchev–Trinajstić information content (AvgIpc) is 3.09. The number of rotatable bonds is 4. The molecule has 0 aliphatic carbocycles. The summed E-state index contributed by atoms with van der Waals surface area (Å²) in [6, 6.07) is 3.36. The number of thiophene rings is 1. The summed E-state index contributed by atoms with van der Waals surface area (Å²) < 4.78 is 27.2. The zero-order valence-electron chi connectivity index (χ0n) is 11.2. The first-order valence-corrected chi connectivity index (χ1v) is 7.18. The Balaban J connectivity index is 1.87. The molecule has 0 saturated heterocycles. The largest absolute Gasteiger partial charge is 0.329 e. The molecule has 0 bridgehead atoms. The fourth-order valence-electron chi connectivity index (χ4n) is 2.01. The van der Waals surface area contributed by atoms with E-state index in [1.54, 1.807) is 17.8 Å². The van der Waals surface area contributed by atoms with E-state index in [4.69, 9.17) is 0 Å². The van der Waals surface area contributed by atoms with Crippen LogP contribution >= 0.6 is 11.3 Å². The second kappa shape index (κ2) is 5.69. The van der Waals surface area contributed by atoms with E-state index in [2.05, 4.69) is 15.2 Å². The van der Waals surface area contributed by atoms with Gasteiger partial charge in [-0.25, -0.2) is 13.8 Å². The average molecular weight is 306 g/mol. The molecule has 0 aliphatic heterocycles. The number of hydrogen-bond donors (Lipinski definition) is 0. The second-order valence-electron chi connectivity index (χ2n) is 4.58. The minimum absolute atomic E-state index is 0.0637. The lowest BCUT2D eigenvalue weighted by Gasteiger charge is -2.05. The van der Waals surface area contributed by atoms with Gasteiger partial charge in [-0.15, -0.1) is 11.3 Å². The van der Waals surface area contributed by atoms with Gasteiger partial charge in [-0.2, -0.15) is 10.2 Å². The quantitative estimate of drug-likeness (QED) is 0.738. The molecule has 0 aliphatic rings. The summed E-state index contributed by atoms with van der Waals surface area (Å²) in [6.07, 6.45) is 2.73. The van der Waals surface area contributed by atoms with Crippen molar-refractivity contribution in [1.82, 2.24) is 19.7 Å². The van der Waals surface area contributed by atoms with Crippen molar-refractivity contribution < 1.29 is 8.78 Å². The zero-order valence-corrected chi connectivity index (χ0v) is 12.0. The molecule has 4 nitrogen and oxygen atoms in total. The molecule has 0 spiro atoms. The monoisotopic (exact) mass is 306 g/mol. The first-order valence-electron chi connectivity index (χ1n) is 6.30. The van der Waals surface area contributed by atoms with Crippen LogP contribution in [0.3, 0.4) is 0 Å². The van der Waals surface area contributed by atoms with Gasteiger partial charge >= 0.3 is 0 Å². The zero-order chi connectivity index (χ0) is 14.8. The molecule has 0 unspecified atom stereocenters. The fourth-order valence-corrected chi connectivity index (χ4v) is 2.78. The van der Waals surface area contributed by atoms with Crippen molar-refractivity contribution in [3.63, 3.8) is 0 Å². The molecular formula is C14H12F2N4S. The number of nitrogens with zero attached hydrogens (tertiary/aromatic N) is 4. The van der Waals surface area contributed by atoms with Gasteiger partial charge in [0, 0.05) is 18.0 Å². The van der Waals surface area contributed by atoms with Gasteiger partial charge in [0.2, 0.25) is 0 Å². The Hall–Kier alpha value is -2.15. The van der Waals surface area contributed by atoms with E-state index in [1.807, 2.05) is 23.8 Å². The molecule has 0 N–H and O–H groups in total. The maximum absolute atomic E-state index is 12.6. The predicted molar refractivity (Wildman–Crippen MR) is 76.4 cm³/mol. The Labute approximate surface area is 124 Å². The molecule has 0 aromatic carbocycles. The van der Waals surface area contributed by atoms with Gasteiger partial charge in [-0.05, 0) is 30.0 Å². The Morgan fingerprint density at radius 2 is 2.14 bits per heavy atom. The third-order valence-corrected chi connectivity index (χ3v) is 4.07. The highest BCUT2D eigenvalue weighted by Gasteiger charge is 2.12. The fraction of sp³-hybridized carbons (Fsp3) is 0.214. The highest BCUT2D eigenvalue weighted by Crippen LogP contribution is 2.31. The van der Waals surface area contributed by atoms with E-state index < -0.39 is 6.43 Å². The van der Waals surface area contributed by atoms with Gasteiger partial charge in [0.25, 0.3) is 6.43 Å². The third kappa shape index (κ3) is 2.97. The van der Waals surface area contributed by atoms with Gasteiger partial charge in [-0.3, -0.25) is 0 Å². The van der Waals surface area contributed by atoms with Crippen LogP contribution in [0.5, 0.6) is 0 Å². The van der Waals surface area contributed by atoms with E-state index in [0.717, 1.165) is 34.0 Å². The van der Waals surface area contributed by atoms with Crippen LogP contribution in [0.2, 0.25) is 0 Å². The van der Waals surface area contributed by atoms with Crippen LogP contribution in [0.1, 0.15) is 22.8 Å². The first-order chi connectivity index (χ1) is 10.1. The molecule has 0 radical (unpaired) electrons. The lowest BCUT2D eigenvalue weighted by molar-refractivity contribution is 0.155. The number of halogens is 2. The maximum Gasteiger partial charge on any atom is 0.272 e. The van der Waals surface area contributed by atoms with Crippen molar-refractivity contribution in [2.75, 3.05) is 0 Å². The van der Waals surface area contributed by atoms with Crippen molar-refractivity contribution in [2.24, 2.45) is 0 Å². The van der Waals surface area contributed by atoms with Crippen LogP contribution in [0.25, 0.3) is 11.1 Å². The highest BCUT2D eigenvalue weighted by molar-refractivity contribution is 7.10. The second-order valence-corrected chi connectivity index (χ2v) is 5.52. The van der Waals surface area contributed by atoms with Crippen LogP contribution in [0.4, 0.5) is 8.78 Å². The number of imidazole rings is 1. The van der Waals surface area contributed by atoms with Gasteiger partial charge in [0.15, 0.2) is 0 Å². The van der Waals surface area contributed by atoms with Gasteiger partial charge in [0.1, 0.15) is 5.82 Å². The molecule has 3 rings (SSSR count). The summed E-state index contributed by atoms with van der Waals surface area (Å²) in [5.74, 6) is 0.887. The van der Waals surface area contributed by atoms with Crippen molar-refractivity contribution in [2.45, 2.75) is 19.9 Å². The third-order valence-electron chi connectivity index (χ3n) is 3.13. The predicted octanol–water partition coefficient (Wildman–Crippen LogP) is 3.70. The number of aryl methyl sites for hydroxylation is 1. The summed E-state index contributed by atoms with van der Waals surface area (Å²) in [7, 11) is 0. The van der Waals surface area contributed by atoms with Crippen LogP contribution < -0.4 is 0 Å². The van der Waals surface area contributed by atoms with Gasteiger partial charge in [-0.1, -0.05) is 0 Å². The first kappa shape index (κ1) is 13.8. The number of aromatic nitrogens is 4. The summed E-state index contributed by atoms with van der Waals surface area (Å²) >= 11 is 1.05. The highest BCUT2D eigenvalue weighted by atomic mass is 32.1.